The van der Waals surface area contributed by atoms with Crippen molar-refractivity contribution < 1.29 is 4.79 Å². The number of carbonyl (C=O) groups excluding carboxylic acids is 1. The van der Waals surface area contributed by atoms with E-state index < -0.39 is 0 Å². The number of nitrogens with zero attached hydrogens (tertiary/aromatic N) is 3. The van der Waals surface area contributed by atoms with Crippen molar-refractivity contribution in [3.63, 3.8) is 0 Å². The molecule has 2 unspecified atom stereocenters. The molecule has 0 radical (unpaired) electrons. The van der Waals surface area contributed by atoms with Gasteiger partial charge in [0.25, 0.3) is 5.91 Å². The fourth-order valence-electron chi connectivity index (χ4n) is 4.40. The highest BCUT2D eigenvalue weighted by atomic mass is 16.1. The summed E-state index contributed by atoms with van der Waals surface area (Å²) >= 11 is 0. The van der Waals surface area contributed by atoms with Gasteiger partial charge in [-0.3, -0.25) is 9.79 Å². The second-order valence-electron chi connectivity index (χ2n) is 8.27. The monoisotopic (exact) mass is 406 g/mol. The lowest BCUT2D eigenvalue weighted by molar-refractivity contribution is 0.102. The number of amides is 1. The van der Waals surface area contributed by atoms with Gasteiger partial charge in [-0.15, -0.1) is 0 Å². The van der Waals surface area contributed by atoms with Gasteiger partial charge in [-0.1, -0.05) is 36.4 Å². The number of pyridine rings is 1. The molecule has 2 heterocycles. The first kappa shape index (κ1) is 19.2. The Morgan fingerprint density at radius 2 is 1.90 bits per heavy atom. The zero-order valence-corrected chi connectivity index (χ0v) is 17.5. The number of carbonyl (C=O) groups is 1. The second-order valence-corrected chi connectivity index (χ2v) is 8.27. The van der Waals surface area contributed by atoms with Crippen LogP contribution in [-0.2, 0) is 6.54 Å². The Labute approximate surface area is 181 Å². The standard InChI is InChI=1S/C26H22N4O/c1-15-16(2)24(28-14-19(15)12-27)26(31)30-20-9-8-18-13-29-25(22(18)10-20)23-11-21(23)17-6-4-3-5-7-17/h3-10,14,21,23H,11,13H2,1-2H3,(H,30,31). The number of aromatic nitrogens is 1. The van der Waals surface area contributed by atoms with Crippen LogP contribution >= 0.6 is 0 Å². The molecular weight excluding hydrogens is 384 g/mol. The summed E-state index contributed by atoms with van der Waals surface area (Å²) in [5.74, 6) is 0.701. The van der Waals surface area contributed by atoms with Crippen molar-refractivity contribution in [2.24, 2.45) is 10.9 Å². The number of anilines is 1. The molecule has 0 spiro atoms. The predicted molar refractivity (Wildman–Crippen MR) is 120 cm³/mol. The maximum absolute atomic E-state index is 12.9. The number of nitriles is 1. The molecular formula is C26H22N4O. The van der Waals surface area contributed by atoms with Crippen molar-refractivity contribution in [3.05, 3.63) is 93.8 Å². The summed E-state index contributed by atoms with van der Waals surface area (Å²) in [6.45, 7) is 4.36. The fraction of sp³-hybridized carbons (Fsp3) is 0.231. The first-order valence-corrected chi connectivity index (χ1v) is 10.5. The molecule has 31 heavy (non-hydrogen) atoms. The maximum atomic E-state index is 12.9. The van der Waals surface area contributed by atoms with Gasteiger partial charge in [0.05, 0.1) is 12.1 Å². The van der Waals surface area contributed by atoms with Crippen LogP contribution in [0.2, 0.25) is 0 Å². The fourth-order valence-corrected chi connectivity index (χ4v) is 4.40. The van der Waals surface area contributed by atoms with Gasteiger partial charge in [-0.25, -0.2) is 4.98 Å². The Morgan fingerprint density at radius 1 is 1.10 bits per heavy atom. The lowest BCUT2D eigenvalue weighted by Crippen LogP contribution is -2.17. The molecule has 5 rings (SSSR count). The number of hydrogen-bond acceptors (Lipinski definition) is 4. The lowest BCUT2D eigenvalue weighted by atomic mass is 9.99. The third-order valence-electron chi connectivity index (χ3n) is 6.41. The van der Waals surface area contributed by atoms with Crippen molar-refractivity contribution in [1.29, 1.82) is 5.26 Å². The summed E-state index contributed by atoms with van der Waals surface area (Å²) in [5, 5.41) is 12.1. The van der Waals surface area contributed by atoms with Gasteiger partial charge in [-0.05, 0) is 60.6 Å². The molecule has 2 aromatic carbocycles. The molecule has 2 atom stereocenters. The Hall–Kier alpha value is -3.78. The summed E-state index contributed by atoms with van der Waals surface area (Å²) in [5.41, 5.74) is 7.95. The van der Waals surface area contributed by atoms with E-state index in [9.17, 15) is 4.79 Å². The summed E-state index contributed by atoms with van der Waals surface area (Å²) < 4.78 is 0. The average Bonchev–Trinajstić information content (AvgIpc) is 3.48. The quantitative estimate of drug-likeness (QED) is 0.667. The minimum Gasteiger partial charge on any atom is -0.321 e. The van der Waals surface area contributed by atoms with E-state index in [2.05, 4.69) is 40.6 Å². The van der Waals surface area contributed by atoms with Crippen LogP contribution in [0.15, 0.2) is 59.7 Å². The summed E-state index contributed by atoms with van der Waals surface area (Å²) in [4.78, 5) is 21.9. The van der Waals surface area contributed by atoms with E-state index in [-0.39, 0.29) is 5.91 Å². The first-order valence-electron chi connectivity index (χ1n) is 10.5. The Kier molecular flexibility index (Phi) is 4.63. The van der Waals surface area contributed by atoms with Gasteiger partial charge in [0.1, 0.15) is 11.8 Å². The molecule has 3 aromatic rings. The number of rotatable bonds is 4. The normalized spacial score (nSPS) is 18.7. The van der Waals surface area contributed by atoms with Crippen LogP contribution in [0.25, 0.3) is 0 Å². The molecule has 1 N–H and O–H groups in total. The number of hydrogen-bond donors (Lipinski definition) is 1. The molecule has 0 bridgehead atoms. The van der Waals surface area contributed by atoms with Crippen molar-refractivity contribution in [2.45, 2.75) is 32.7 Å². The number of benzene rings is 2. The smallest absolute Gasteiger partial charge is 0.274 e. The van der Waals surface area contributed by atoms with Crippen molar-refractivity contribution in [1.82, 2.24) is 4.98 Å². The highest BCUT2D eigenvalue weighted by Crippen LogP contribution is 2.50. The second kappa shape index (κ2) is 7.48. The largest absolute Gasteiger partial charge is 0.321 e. The van der Waals surface area contributed by atoms with E-state index in [0.29, 0.717) is 29.6 Å². The molecule has 1 aromatic heterocycles. The van der Waals surface area contributed by atoms with Crippen LogP contribution in [0.4, 0.5) is 5.69 Å². The van der Waals surface area contributed by atoms with Gasteiger partial charge in [0.15, 0.2) is 0 Å². The molecule has 1 amide bonds. The molecule has 5 heteroatoms. The molecule has 1 saturated carbocycles. The molecule has 1 fully saturated rings. The van der Waals surface area contributed by atoms with E-state index >= 15 is 0 Å². The lowest BCUT2D eigenvalue weighted by Gasteiger charge is -2.11. The zero-order valence-electron chi connectivity index (χ0n) is 17.5. The van der Waals surface area contributed by atoms with E-state index in [4.69, 9.17) is 10.3 Å². The first-order chi connectivity index (χ1) is 15.1. The van der Waals surface area contributed by atoms with Gasteiger partial charge < -0.3 is 5.32 Å². The van der Waals surface area contributed by atoms with Crippen LogP contribution in [0.5, 0.6) is 0 Å². The zero-order chi connectivity index (χ0) is 21.5. The molecule has 1 aliphatic heterocycles. The molecule has 2 aliphatic rings. The van der Waals surface area contributed by atoms with Crippen LogP contribution in [0, 0.1) is 31.1 Å². The van der Waals surface area contributed by atoms with Gasteiger partial charge >= 0.3 is 0 Å². The van der Waals surface area contributed by atoms with Gasteiger partial charge in [0, 0.05) is 29.1 Å². The Balaban J connectivity index is 1.36. The van der Waals surface area contributed by atoms with E-state index in [1.54, 1.807) is 0 Å². The predicted octanol–water partition coefficient (Wildman–Crippen LogP) is 4.93. The van der Waals surface area contributed by atoms with Crippen LogP contribution in [0.3, 0.4) is 0 Å². The Bertz CT molecular complexity index is 1270. The number of nitrogens with one attached hydrogen (secondary N) is 1. The van der Waals surface area contributed by atoms with E-state index in [1.165, 1.54) is 17.3 Å². The molecule has 152 valence electrons. The van der Waals surface area contributed by atoms with Gasteiger partial charge in [0.2, 0.25) is 0 Å². The topological polar surface area (TPSA) is 78.1 Å². The van der Waals surface area contributed by atoms with Crippen molar-refractivity contribution in [2.75, 3.05) is 5.32 Å². The summed E-state index contributed by atoms with van der Waals surface area (Å²) in [6, 6.07) is 18.7. The highest BCUT2D eigenvalue weighted by molar-refractivity contribution is 6.09. The van der Waals surface area contributed by atoms with Crippen LogP contribution in [0.1, 0.15) is 56.2 Å². The average molecular weight is 406 g/mol. The highest BCUT2D eigenvalue weighted by Gasteiger charge is 2.43. The molecule has 5 nitrogen and oxygen atoms in total. The summed E-state index contributed by atoms with van der Waals surface area (Å²) in [7, 11) is 0. The SMILES string of the molecule is Cc1c(C#N)cnc(C(=O)Nc2ccc3c(c2)C(C2CC2c2ccccc2)=NC3)c1C. The number of aliphatic imine (C=N–C) groups is 1. The van der Waals surface area contributed by atoms with Crippen LogP contribution in [-0.4, -0.2) is 16.6 Å². The van der Waals surface area contributed by atoms with Crippen molar-refractivity contribution >= 4 is 17.3 Å². The third-order valence-corrected chi connectivity index (χ3v) is 6.41. The molecule has 0 saturated heterocycles. The molecule has 1 aliphatic carbocycles. The third kappa shape index (κ3) is 3.40. The minimum absolute atomic E-state index is 0.268. The minimum atomic E-state index is -0.268. The van der Waals surface area contributed by atoms with E-state index in [0.717, 1.165) is 34.5 Å². The number of fused-ring (bicyclic) bond motifs is 1. The van der Waals surface area contributed by atoms with Gasteiger partial charge in [-0.2, -0.15) is 5.26 Å². The Morgan fingerprint density at radius 3 is 2.68 bits per heavy atom. The summed E-state index contributed by atoms with van der Waals surface area (Å²) in [6.07, 6.45) is 2.58. The maximum Gasteiger partial charge on any atom is 0.274 e. The van der Waals surface area contributed by atoms with Crippen LogP contribution < -0.4 is 5.32 Å². The van der Waals surface area contributed by atoms with E-state index in [1.807, 2.05) is 38.1 Å². The van der Waals surface area contributed by atoms with Crippen molar-refractivity contribution in [3.8, 4) is 6.07 Å².